The van der Waals surface area contributed by atoms with Gasteiger partial charge in [0.15, 0.2) is 0 Å². The third kappa shape index (κ3) is 1.70. The van der Waals surface area contributed by atoms with Gasteiger partial charge in [-0.2, -0.15) is 0 Å². The molecule has 0 radical (unpaired) electrons. The van der Waals surface area contributed by atoms with E-state index in [4.69, 9.17) is 4.74 Å². The van der Waals surface area contributed by atoms with Gasteiger partial charge in [-0.25, -0.2) is 0 Å². The molecule has 0 aromatic rings. The minimum atomic E-state index is 0.653. The van der Waals surface area contributed by atoms with Crippen molar-refractivity contribution in [3.8, 4) is 0 Å². The summed E-state index contributed by atoms with van der Waals surface area (Å²) < 4.78 is 5.31. The van der Waals surface area contributed by atoms with Gasteiger partial charge in [0.2, 0.25) is 0 Å². The zero-order valence-corrected chi connectivity index (χ0v) is 11.8. The summed E-state index contributed by atoms with van der Waals surface area (Å²) in [4.78, 5) is 0. The molecule has 1 heterocycles. The van der Waals surface area contributed by atoms with Crippen LogP contribution in [0.25, 0.3) is 0 Å². The van der Waals surface area contributed by atoms with E-state index >= 15 is 0 Å². The molecule has 1 heteroatoms. The van der Waals surface area contributed by atoms with E-state index < -0.39 is 0 Å². The molecule has 104 valence electrons. The topological polar surface area (TPSA) is 12.5 Å². The summed E-state index contributed by atoms with van der Waals surface area (Å²) in [7, 11) is 0. The molecule has 0 N–H and O–H groups in total. The van der Waals surface area contributed by atoms with Crippen molar-refractivity contribution in [3.05, 3.63) is 12.2 Å². The maximum atomic E-state index is 5.31. The van der Waals surface area contributed by atoms with E-state index in [1.807, 2.05) is 0 Å². The normalized spacial score (nSPS) is 56.0. The largest absolute Gasteiger partial charge is 0.373 e. The summed E-state index contributed by atoms with van der Waals surface area (Å²) in [6.45, 7) is 1.05. The fourth-order valence-electron chi connectivity index (χ4n) is 6.50. The fourth-order valence-corrected chi connectivity index (χ4v) is 6.50. The molecular formula is C18H26O. The molecule has 5 aliphatic rings. The van der Waals surface area contributed by atoms with Crippen LogP contribution in [0.5, 0.6) is 0 Å². The van der Waals surface area contributed by atoms with Crippen molar-refractivity contribution in [2.75, 3.05) is 6.61 Å². The zero-order chi connectivity index (χ0) is 12.4. The molecule has 0 aromatic carbocycles. The monoisotopic (exact) mass is 258 g/mol. The molecule has 4 fully saturated rings. The molecule has 4 bridgehead atoms. The van der Waals surface area contributed by atoms with Crippen molar-refractivity contribution in [1.82, 2.24) is 0 Å². The van der Waals surface area contributed by atoms with Gasteiger partial charge in [0, 0.05) is 0 Å². The zero-order valence-electron chi connectivity index (χ0n) is 11.8. The second-order valence-electron chi connectivity index (χ2n) is 8.00. The van der Waals surface area contributed by atoms with Crippen LogP contribution in [-0.4, -0.2) is 12.7 Å². The summed E-state index contributed by atoms with van der Waals surface area (Å²) in [5, 5.41) is 0. The van der Waals surface area contributed by atoms with Crippen LogP contribution in [0, 0.1) is 41.4 Å². The molecule has 0 spiro atoms. The van der Waals surface area contributed by atoms with Gasteiger partial charge in [-0.05, 0) is 67.1 Å². The second kappa shape index (κ2) is 4.10. The highest BCUT2D eigenvalue weighted by Gasteiger charge is 2.60. The molecular weight excluding hydrogens is 232 g/mol. The first-order valence-corrected chi connectivity index (χ1v) is 8.70. The average Bonchev–Trinajstić information content (AvgIpc) is 2.86. The van der Waals surface area contributed by atoms with E-state index in [0.717, 1.165) is 48.0 Å². The van der Waals surface area contributed by atoms with Crippen molar-refractivity contribution in [1.29, 1.82) is 0 Å². The van der Waals surface area contributed by atoms with Crippen molar-refractivity contribution in [2.24, 2.45) is 41.4 Å². The van der Waals surface area contributed by atoms with Crippen molar-refractivity contribution in [2.45, 2.75) is 51.0 Å². The van der Waals surface area contributed by atoms with Crippen LogP contribution in [0.2, 0.25) is 0 Å². The van der Waals surface area contributed by atoms with Gasteiger partial charge >= 0.3 is 0 Å². The number of unbranched alkanes of at least 4 members (excludes halogenated alkanes) is 1. The van der Waals surface area contributed by atoms with Crippen molar-refractivity contribution >= 4 is 0 Å². The minimum absolute atomic E-state index is 0.653. The van der Waals surface area contributed by atoms with Gasteiger partial charge in [-0.15, -0.1) is 0 Å². The number of rotatable bonds is 5. The van der Waals surface area contributed by atoms with E-state index in [0.29, 0.717) is 6.10 Å². The third-order valence-corrected chi connectivity index (χ3v) is 7.16. The molecule has 0 aromatic heterocycles. The van der Waals surface area contributed by atoms with E-state index in [9.17, 15) is 0 Å². The Labute approximate surface area is 116 Å². The number of epoxide rings is 1. The van der Waals surface area contributed by atoms with Crippen LogP contribution in [0.15, 0.2) is 12.2 Å². The first-order chi connectivity index (χ1) is 9.40. The van der Waals surface area contributed by atoms with Gasteiger partial charge in [0.25, 0.3) is 0 Å². The summed E-state index contributed by atoms with van der Waals surface area (Å²) in [6.07, 6.45) is 16.2. The Morgan fingerprint density at radius 1 is 0.895 bits per heavy atom. The van der Waals surface area contributed by atoms with E-state index in [-0.39, 0.29) is 0 Å². The van der Waals surface area contributed by atoms with Crippen LogP contribution in [0.3, 0.4) is 0 Å². The summed E-state index contributed by atoms with van der Waals surface area (Å²) >= 11 is 0. The minimum Gasteiger partial charge on any atom is -0.373 e. The van der Waals surface area contributed by atoms with Crippen LogP contribution in [-0.2, 0) is 4.74 Å². The van der Waals surface area contributed by atoms with Gasteiger partial charge < -0.3 is 4.74 Å². The highest BCUT2D eigenvalue weighted by atomic mass is 16.6. The molecule has 1 nitrogen and oxygen atoms in total. The molecule has 4 aliphatic carbocycles. The lowest BCUT2D eigenvalue weighted by Gasteiger charge is -2.36. The molecule has 8 unspecified atom stereocenters. The Bertz CT molecular complexity index is 396. The molecule has 19 heavy (non-hydrogen) atoms. The van der Waals surface area contributed by atoms with E-state index in [2.05, 4.69) is 12.2 Å². The highest BCUT2D eigenvalue weighted by Crippen LogP contribution is 2.67. The molecule has 5 rings (SSSR count). The van der Waals surface area contributed by atoms with Gasteiger partial charge in [0.1, 0.15) is 0 Å². The maximum Gasteiger partial charge on any atom is 0.0810 e. The first kappa shape index (κ1) is 11.4. The van der Waals surface area contributed by atoms with Crippen molar-refractivity contribution in [3.63, 3.8) is 0 Å². The van der Waals surface area contributed by atoms with Gasteiger partial charge in [-0.1, -0.05) is 31.4 Å². The highest BCUT2D eigenvalue weighted by molar-refractivity contribution is 5.20. The van der Waals surface area contributed by atoms with E-state index in [1.54, 1.807) is 12.8 Å². The fraction of sp³-hybridized carbons (Fsp3) is 0.889. The maximum absolute atomic E-state index is 5.31. The average molecular weight is 258 g/mol. The number of ether oxygens (including phenoxy) is 1. The Morgan fingerprint density at radius 3 is 2.53 bits per heavy atom. The number of hydrogen-bond donors (Lipinski definition) is 0. The third-order valence-electron chi connectivity index (χ3n) is 7.16. The lowest BCUT2D eigenvalue weighted by molar-refractivity contribution is 0.142. The van der Waals surface area contributed by atoms with Crippen LogP contribution in [0.4, 0.5) is 0 Å². The molecule has 0 amide bonds. The Balaban J connectivity index is 1.20. The SMILES string of the molecule is C1=CC2CC1C1C3CC(CCCCC4CO4)C(C3)C21. The van der Waals surface area contributed by atoms with Gasteiger partial charge in [0.05, 0.1) is 12.7 Å². The quantitative estimate of drug-likeness (QED) is 0.314. The summed E-state index contributed by atoms with van der Waals surface area (Å²) in [6, 6.07) is 0. The number of hydrogen-bond acceptors (Lipinski definition) is 1. The van der Waals surface area contributed by atoms with Crippen molar-refractivity contribution < 1.29 is 4.74 Å². The van der Waals surface area contributed by atoms with Crippen LogP contribution >= 0.6 is 0 Å². The Morgan fingerprint density at radius 2 is 1.68 bits per heavy atom. The second-order valence-corrected chi connectivity index (χ2v) is 8.00. The lowest BCUT2D eigenvalue weighted by atomic mass is 9.68. The summed E-state index contributed by atoms with van der Waals surface area (Å²) in [5.41, 5.74) is 0. The Hall–Kier alpha value is -0.300. The number of fused-ring (bicyclic) bond motifs is 9. The van der Waals surface area contributed by atoms with Gasteiger partial charge in [-0.3, -0.25) is 0 Å². The molecule has 3 saturated carbocycles. The smallest absolute Gasteiger partial charge is 0.0810 e. The predicted molar refractivity (Wildman–Crippen MR) is 75.6 cm³/mol. The standard InChI is InChI=1S/C18H26O/c1(2-4-15-10-19-15)3-11-7-14-9-16(11)18-13-6-5-12(8-13)17(14)18/h5-6,11-18H,1-4,7-10H2. The summed E-state index contributed by atoms with van der Waals surface area (Å²) in [5.74, 6) is 7.56. The first-order valence-electron chi connectivity index (χ1n) is 8.70. The number of allylic oxidation sites excluding steroid dienone is 2. The predicted octanol–water partition coefficient (Wildman–Crippen LogP) is 4.04. The Kier molecular flexibility index (Phi) is 2.45. The lowest BCUT2D eigenvalue weighted by Crippen LogP contribution is -2.30. The molecule has 1 saturated heterocycles. The van der Waals surface area contributed by atoms with Crippen LogP contribution in [0.1, 0.15) is 44.9 Å². The van der Waals surface area contributed by atoms with E-state index in [1.165, 1.54) is 32.1 Å². The van der Waals surface area contributed by atoms with Crippen LogP contribution < -0.4 is 0 Å². The molecule has 8 atom stereocenters. The molecule has 1 aliphatic heterocycles.